The summed E-state index contributed by atoms with van der Waals surface area (Å²) in [5.41, 5.74) is 2.36. The van der Waals surface area contributed by atoms with Gasteiger partial charge in [0.05, 0.1) is 6.04 Å². The van der Waals surface area contributed by atoms with Crippen LogP contribution in [0.1, 0.15) is 18.0 Å². The summed E-state index contributed by atoms with van der Waals surface area (Å²) < 4.78 is 0. The highest BCUT2D eigenvalue weighted by molar-refractivity contribution is 5.77. The number of anilines is 1. The molecule has 1 unspecified atom stereocenters. The Bertz CT molecular complexity index is 414. The molecule has 18 heavy (non-hydrogen) atoms. The minimum atomic E-state index is 0.135. The van der Waals surface area contributed by atoms with Gasteiger partial charge in [-0.15, -0.1) is 0 Å². The largest absolute Gasteiger partial charge is 0.378 e. The van der Waals surface area contributed by atoms with E-state index in [1.165, 1.54) is 11.3 Å². The molecule has 0 spiro atoms. The van der Waals surface area contributed by atoms with Crippen molar-refractivity contribution in [3.8, 4) is 0 Å². The summed E-state index contributed by atoms with van der Waals surface area (Å²) in [6.45, 7) is 1.60. The number of hydrogen-bond acceptors (Lipinski definition) is 3. The van der Waals surface area contributed by atoms with E-state index in [9.17, 15) is 4.79 Å². The van der Waals surface area contributed by atoms with E-state index in [1.54, 1.807) is 0 Å². The van der Waals surface area contributed by atoms with Crippen molar-refractivity contribution < 1.29 is 4.79 Å². The van der Waals surface area contributed by atoms with E-state index in [0.717, 1.165) is 13.1 Å². The third-order valence-corrected chi connectivity index (χ3v) is 3.51. The van der Waals surface area contributed by atoms with Gasteiger partial charge in [0, 0.05) is 46.3 Å². The maximum Gasteiger partial charge on any atom is 0.224 e. The van der Waals surface area contributed by atoms with Gasteiger partial charge in [0.15, 0.2) is 0 Å². The number of rotatable bonds is 2. The van der Waals surface area contributed by atoms with Crippen molar-refractivity contribution in [2.75, 3.05) is 39.1 Å². The van der Waals surface area contributed by atoms with Crippen molar-refractivity contribution in [2.24, 2.45) is 0 Å². The fourth-order valence-corrected chi connectivity index (χ4v) is 2.26. The van der Waals surface area contributed by atoms with E-state index in [-0.39, 0.29) is 11.9 Å². The van der Waals surface area contributed by atoms with E-state index in [2.05, 4.69) is 34.5 Å². The van der Waals surface area contributed by atoms with Crippen molar-refractivity contribution in [2.45, 2.75) is 12.5 Å². The molecule has 1 fully saturated rings. The van der Waals surface area contributed by atoms with Crippen molar-refractivity contribution in [3.63, 3.8) is 0 Å². The Morgan fingerprint density at radius 2 is 1.94 bits per heavy atom. The van der Waals surface area contributed by atoms with Crippen molar-refractivity contribution in [1.82, 2.24) is 10.2 Å². The fourth-order valence-electron chi connectivity index (χ4n) is 2.26. The van der Waals surface area contributed by atoms with Gasteiger partial charge in [-0.25, -0.2) is 0 Å². The molecule has 4 heteroatoms. The first kappa shape index (κ1) is 12.9. The van der Waals surface area contributed by atoms with Gasteiger partial charge in [0.1, 0.15) is 0 Å². The van der Waals surface area contributed by atoms with E-state index in [4.69, 9.17) is 0 Å². The fraction of sp³-hybridized carbons (Fsp3) is 0.500. The lowest BCUT2D eigenvalue weighted by Gasteiger charge is -2.26. The third kappa shape index (κ3) is 2.64. The van der Waals surface area contributed by atoms with Crippen molar-refractivity contribution in [3.05, 3.63) is 29.8 Å². The standard InChI is InChI=1S/C14H21N3O/c1-16(2)12-6-4-11(5-7-12)13-10-15-9-8-14(18)17(13)3/h4-7,13,15H,8-10H2,1-3H3. The number of hydrogen-bond donors (Lipinski definition) is 1. The Kier molecular flexibility index (Phi) is 3.87. The number of likely N-dealkylation sites (N-methyl/N-ethyl adjacent to an activating group) is 1. The minimum absolute atomic E-state index is 0.135. The number of benzene rings is 1. The predicted molar refractivity (Wildman–Crippen MR) is 73.8 cm³/mol. The smallest absolute Gasteiger partial charge is 0.224 e. The van der Waals surface area contributed by atoms with Gasteiger partial charge >= 0.3 is 0 Å². The van der Waals surface area contributed by atoms with Crippen molar-refractivity contribution in [1.29, 1.82) is 0 Å². The molecule has 1 aliphatic heterocycles. The molecule has 1 aromatic rings. The molecule has 4 nitrogen and oxygen atoms in total. The molecule has 1 atom stereocenters. The zero-order chi connectivity index (χ0) is 13.1. The SMILES string of the molecule is CN(C)c1ccc(C2CNCCC(=O)N2C)cc1. The Morgan fingerprint density at radius 1 is 1.28 bits per heavy atom. The molecule has 0 saturated carbocycles. The number of nitrogens with one attached hydrogen (secondary N) is 1. The molecule has 2 rings (SSSR count). The monoisotopic (exact) mass is 247 g/mol. The molecule has 1 heterocycles. The van der Waals surface area contributed by atoms with Crippen LogP contribution in [0.25, 0.3) is 0 Å². The lowest BCUT2D eigenvalue weighted by molar-refractivity contribution is -0.131. The zero-order valence-electron chi connectivity index (χ0n) is 11.3. The first-order valence-corrected chi connectivity index (χ1v) is 6.33. The van der Waals surface area contributed by atoms with Gasteiger partial charge in [-0.3, -0.25) is 4.79 Å². The molecule has 0 aromatic heterocycles. The molecular weight excluding hydrogens is 226 g/mol. The van der Waals surface area contributed by atoms with E-state index < -0.39 is 0 Å². The van der Waals surface area contributed by atoms with Gasteiger partial charge in [-0.2, -0.15) is 0 Å². The van der Waals surface area contributed by atoms with Gasteiger partial charge < -0.3 is 15.1 Å². The van der Waals surface area contributed by atoms with Crippen LogP contribution in [0.15, 0.2) is 24.3 Å². The normalized spacial score (nSPS) is 20.7. The van der Waals surface area contributed by atoms with Crippen LogP contribution in [-0.4, -0.2) is 45.0 Å². The molecular formula is C14H21N3O. The summed E-state index contributed by atoms with van der Waals surface area (Å²) in [6.07, 6.45) is 0.586. The van der Waals surface area contributed by atoms with Gasteiger partial charge in [-0.1, -0.05) is 12.1 Å². The predicted octanol–water partition coefficient (Wildman–Crippen LogP) is 1.25. The summed E-state index contributed by atoms with van der Waals surface area (Å²) in [5.74, 6) is 0.210. The highest BCUT2D eigenvalue weighted by Gasteiger charge is 2.23. The molecule has 1 amide bonds. The van der Waals surface area contributed by atoms with Crippen LogP contribution in [0.2, 0.25) is 0 Å². The van der Waals surface area contributed by atoms with E-state index in [1.807, 2.05) is 26.0 Å². The maximum absolute atomic E-state index is 11.9. The van der Waals surface area contributed by atoms with E-state index >= 15 is 0 Å². The van der Waals surface area contributed by atoms with Crippen LogP contribution in [-0.2, 0) is 4.79 Å². The highest BCUT2D eigenvalue weighted by Crippen LogP contribution is 2.23. The van der Waals surface area contributed by atoms with Crippen LogP contribution >= 0.6 is 0 Å². The quantitative estimate of drug-likeness (QED) is 0.854. The van der Waals surface area contributed by atoms with Crippen LogP contribution < -0.4 is 10.2 Å². The van der Waals surface area contributed by atoms with Crippen LogP contribution in [0.5, 0.6) is 0 Å². The molecule has 1 saturated heterocycles. The Balaban J connectivity index is 2.21. The zero-order valence-corrected chi connectivity index (χ0v) is 11.3. The topological polar surface area (TPSA) is 35.6 Å². The number of carbonyl (C=O) groups is 1. The summed E-state index contributed by atoms with van der Waals surface area (Å²) in [7, 11) is 5.94. The first-order chi connectivity index (χ1) is 8.59. The summed E-state index contributed by atoms with van der Waals surface area (Å²) >= 11 is 0. The molecule has 1 N–H and O–H groups in total. The average molecular weight is 247 g/mol. The van der Waals surface area contributed by atoms with Crippen LogP contribution in [0.3, 0.4) is 0 Å². The van der Waals surface area contributed by atoms with Gasteiger partial charge in [0.25, 0.3) is 0 Å². The second-order valence-corrected chi connectivity index (χ2v) is 4.96. The van der Waals surface area contributed by atoms with Gasteiger partial charge in [0.2, 0.25) is 5.91 Å². The van der Waals surface area contributed by atoms with Gasteiger partial charge in [-0.05, 0) is 17.7 Å². The third-order valence-electron chi connectivity index (χ3n) is 3.51. The number of carbonyl (C=O) groups excluding carboxylic acids is 1. The molecule has 0 aliphatic carbocycles. The molecule has 1 aromatic carbocycles. The highest BCUT2D eigenvalue weighted by atomic mass is 16.2. The molecule has 0 bridgehead atoms. The van der Waals surface area contributed by atoms with Crippen LogP contribution in [0.4, 0.5) is 5.69 Å². The Morgan fingerprint density at radius 3 is 2.56 bits per heavy atom. The van der Waals surface area contributed by atoms with E-state index in [0.29, 0.717) is 6.42 Å². The summed E-state index contributed by atoms with van der Waals surface area (Å²) in [6, 6.07) is 8.54. The molecule has 98 valence electrons. The lowest BCUT2D eigenvalue weighted by atomic mass is 10.1. The number of nitrogens with zero attached hydrogens (tertiary/aromatic N) is 2. The minimum Gasteiger partial charge on any atom is -0.378 e. The first-order valence-electron chi connectivity index (χ1n) is 6.33. The average Bonchev–Trinajstić information content (AvgIpc) is 2.53. The second-order valence-electron chi connectivity index (χ2n) is 4.96. The second kappa shape index (κ2) is 5.40. The molecule has 1 aliphatic rings. The lowest BCUT2D eigenvalue weighted by Crippen LogP contribution is -2.32. The number of amides is 1. The summed E-state index contributed by atoms with van der Waals surface area (Å²) in [4.78, 5) is 15.8. The van der Waals surface area contributed by atoms with Crippen LogP contribution in [0, 0.1) is 0 Å². The maximum atomic E-state index is 11.9. The summed E-state index contributed by atoms with van der Waals surface area (Å²) in [5, 5.41) is 3.32. The Hall–Kier alpha value is -1.55. The van der Waals surface area contributed by atoms with Crippen molar-refractivity contribution >= 4 is 11.6 Å². The molecule has 0 radical (unpaired) electrons. The Labute approximate surface area is 109 Å².